The van der Waals surface area contributed by atoms with Crippen LogP contribution in [-0.2, 0) is 0 Å². The van der Waals surface area contributed by atoms with Crippen LogP contribution in [0.2, 0.25) is 0 Å². The molecule has 0 saturated carbocycles. The minimum Gasteiger partial charge on any atom is -0.508 e. The van der Waals surface area contributed by atoms with Gasteiger partial charge in [0.1, 0.15) is 17.9 Å². The third-order valence-corrected chi connectivity index (χ3v) is 7.37. The van der Waals surface area contributed by atoms with Gasteiger partial charge in [-0.2, -0.15) is 0 Å². The van der Waals surface area contributed by atoms with E-state index in [-0.39, 0.29) is 17.6 Å². The van der Waals surface area contributed by atoms with Gasteiger partial charge < -0.3 is 20.6 Å². The Kier molecular flexibility index (Phi) is 7.84. The molecule has 8 nitrogen and oxygen atoms in total. The minimum atomic E-state index is -0.202. The summed E-state index contributed by atoms with van der Waals surface area (Å²) in [6.45, 7) is 4.19. The highest BCUT2D eigenvalue weighted by atomic mass is 32.2. The van der Waals surface area contributed by atoms with Crippen molar-refractivity contribution in [1.82, 2.24) is 15.0 Å². The topological polar surface area (TPSA) is 103 Å². The van der Waals surface area contributed by atoms with E-state index in [1.165, 1.54) is 18.1 Å². The van der Waals surface area contributed by atoms with Crippen LogP contribution in [0.3, 0.4) is 0 Å². The molecule has 3 aromatic carbocycles. The Morgan fingerprint density at radius 1 is 0.950 bits per heavy atom. The smallest absolute Gasteiger partial charge is 0.255 e. The average molecular weight is 551 g/mol. The van der Waals surface area contributed by atoms with E-state index in [0.717, 1.165) is 32.2 Å². The summed E-state index contributed by atoms with van der Waals surface area (Å²) >= 11 is 1.53. The molecule has 0 unspecified atom stereocenters. The van der Waals surface area contributed by atoms with E-state index in [2.05, 4.69) is 34.4 Å². The lowest BCUT2D eigenvalue weighted by molar-refractivity contribution is 0.102. The first-order valence-electron chi connectivity index (χ1n) is 12.8. The molecule has 3 N–H and O–H groups in total. The quantitative estimate of drug-likeness (QED) is 0.189. The van der Waals surface area contributed by atoms with Crippen molar-refractivity contribution in [2.75, 3.05) is 29.6 Å². The largest absolute Gasteiger partial charge is 0.508 e. The van der Waals surface area contributed by atoms with Crippen molar-refractivity contribution in [3.8, 4) is 5.75 Å². The van der Waals surface area contributed by atoms with Crippen molar-refractivity contribution in [1.29, 1.82) is 0 Å². The zero-order valence-corrected chi connectivity index (χ0v) is 23.5. The highest BCUT2D eigenvalue weighted by Crippen LogP contribution is 2.38. The molecule has 1 amide bonds. The Bertz CT molecular complexity index is 1670. The monoisotopic (exact) mass is 550 g/mol. The molecule has 5 aromatic rings. The van der Waals surface area contributed by atoms with E-state index in [0.29, 0.717) is 22.7 Å². The van der Waals surface area contributed by atoms with Crippen LogP contribution in [-0.4, -0.2) is 40.1 Å². The second-order valence-corrected chi connectivity index (χ2v) is 10.9. The predicted octanol–water partition coefficient (Wildman–Crippen LogP) is 7.07. The molecule has 0 aliphatic rings. The maximum absolute atomic E-state index is 13.1. The number of amides is 1. The molecular formula is C31H30N6O2S. The number of nitrogens with one attached hydrogen (secondary N) is 2. The first-order chi connectivity index (χ1) is 19.3. The van der Waals surface area contributed by atoms with Gasteiger partial charge in [0.15, 0.2) is 5.65 Å². The fourth-order valence-electron chi connectivity index (χ4n) is 4.07. The number of rotatable bonds is 8. The standard InChI is InChI=1S/C31H30N6O2S/c1-19(2)26-14-13-25-29(35-26)32-18-33-30(25)36-27-17-21(8-15-28(27)40-24-11-9-23(38)10-12-24)34-31(39)20-6-5-7-22(16-20)37(3)4/h5-19,38H,1-4H3,(H,34,39)(H,32,33,35,36). The molecule has 0 spiro atoms. The number of benzene rings is 3. The third-order valence-electron chi connectivity index (χ3n) is 6.29. The number of carbonyl (C=O) groups is 1. The van der Waals surface area contributed by atoms with Gasteiger partial charge in [0.2, 0.25) is 0 Å². The summed E-state index contributed by atoms with van der Waals surface area (Å²) in [6, 6.07) is 24.2. The maximum atomic E-state index is 13.1. The van der Waals surface area contributed by atoms with Crippen molar-refractivity contribution < 1.29 is 9.90 Å². The van der Waals surface area contributed by atoms with E-state index < -0.39 is 0 Å². The second-order valence-electron chi connectivity index (χ2n) is 9.82. The number of carbonyl (C=O) groups excluding carboxylic acids is 1. The van der Waals surface area contributed by atoms with E-state index in [1.54, 1.807) is 18.2 Å². The van der Waals surface area contributed by atoms with Crippen LogP contribution in [0, 0.1) is 0 Å². The normalized spacial score (nSPS) is 11.0. The number of hydrogen-bond acceptors (Lipinski definition) is 8. The summed E-state index contributed by atoms with van der Waals surface area (Å²) in [5.74, 6) is 0.900. The number of aromatic hydroxyl groups is 1. The highest BCUT2D eigenvalue weighted by molar-refractivity contribution is 7.99. The zero-order valence-electron chi connectivity index (χ0n) is 22.7. The lowest BCUT2D eigenvalue weighted by Gasteiger charge is -2.16. The van der Waals surface area contributed by atoms with Crippen LogP contribution < -0.4 is 15.5 Å². The van der Waals surface area contributed by atoms with E-state index in [9.17, 15) is 9.90 Å². The molecule has 0 radical (unpaired) electrons. The average Bonchev–Trinajstić information content (AvgIpc) is 2.95. The highest BCUT2D eigenvalue weighted by Gasteiger charge is 2.14. The third kappa shape index (κ3) is 6.16. The number of phenolic OH excluding ortho intramolecular Hbond substituents is 1. The van der Waals surface area contributed by atoms with Crippen LogP contribution >= 0.6 is 11.8 Å². The summed E-state index contributed by atoms with van der Waals surface area (Å²) < 4.78 is 0. The van der Waals surface area contributed by atoms with Crippen molar-refractivity contribution in [3.05, 3.63) is 96.4 Å². The molecule has 2 heterocycles. The van der Waals surface area contributed by atoms with Crippen LogP contribution in [0.15, 0.2) is 95.0 Å². The molecule has 9 heteroatoms. The van der Waals surface area contributed by atoms with Crippen molar-refractivity contribution in [2.24, 2.45) is 0 Å². The van der Waals surface area contributed by atoms with Crippen molar-refractivity contribution >= 4 is 51.6 Å². The molecule has 40 heavy (non-hydrogen) atoms. The summed E-state index contributed by atoms with van der Waals surface area (Å²) in [7, 11) is 3.88. The number of aromatic nitrogens is 3. The molecule has 0 atom stereocenters. The van der Waals surface area contributed by atoms with Gasteiger partial charge in [-0.3, -0.25) is 4.79 Å². The predicted molar refractivity (Wildman–Crippen MR) is 162 cm³/mol. The van der Waals surface area contributed by atoms with Gasteiger partial charge in [0.25, 0.3) is 5.91 Å². The number of phenols is 1. The van der Waals surface area contributed by atoms with Gasteiger partial charge in [-0.1, -0.05) is 31.7 Å². The Morgan fingerprint density at radius 2 is 1.75 bits per heavy atom. The molecular weight excluding hydrogens is 520 g/mol. The number of hydrogen-bond donors (Lipinski definition) is 3. The van der Waals surface area contributed by atoms with E-state index in [1.807, 2.05) is 79.7 Å². The molecule has 0 fully saturated rings. The second kappa shape index (κ2) is 11.6. The van der Waals surface area contributed by atoms with E-state index >= 15 is 0 Å². The van der Waals surface area contributed by atoms with Crippen molar-refractivity contribution in [3.63, 3.8) is 0 Å². The fourth-order valence-corrected chi connectivity index (χ4v) is 4.95. The number of anilines is 4. The number of nitrogens with zero attached hydrogens (tertiary/aromatic N) is 4. The van der Waals surface area contributed by atoms with Crippen LogP contribution in [0.1, 0.15) is 35.8 Å². The maximum Gasteiger partial charge on any atom is 0.255 e. The lowest BCUT2D eigenvalue weighted by atomic mass is 10.1. The minimum absolute atomic E-state index is 0.202. The van der Waals surface area contributed by atoms with Crippen molar-refractivity contribution in [2.45, 2.75) is 29.6 Å². The van der Waals surface area contributed by atoms with E-state index in [4.69, 9.17) is 4.98 Å². The Labute approximate surface area is 237 Å². The Balaban J connectivity index is 1.50. The van der Waals surface area contributed by atoms with Gasteiger partial charge in [0.05, 0.1) is 11.1 Å². The summed E-state index contributed by atoms with van der Waals surface area (Å²) in [5, 5.41) is 17.0. The van der Waals surface area contributed by atoms with Gasteiger partial charge in [-0.05, 0) is 78.7 Å². The summed E-state index contributed by atoms with van der Waals surface area (Å²) in [6.07, 6.45) is 1.50. The molecule has 0 aliphatic carbocycles. The van der Waals surface area contributed by atoms with Gasteiger partial charge in [0, 0.05) is 46.5 Å². The van der Waals surface area contributed by atoms with Crippen LogP contribution in [0.5, 0.6) is 5.75 Å². The van der Waals surface area contributed by atoms with Crippen LogP contribution in [0.25, 0.3) is 11.0 Å². The summed E-state index contributed by atoms with van der Waals surface area (Å²) in [4.78, 5) is 30.5. The van der Waals surface area contributed by atoms with Crippen LogP contribution in [0.4, 0.5) is 22.9 Å². The molecule has 5 rings (SSSR count). The molecule has 0 aliphatic heterocycles. The fraction of sp³-hybridized carbons (Fsp3) is 0.161. The zero-order chi connectivity index (χ0) is 28.2. The van der Waals surface area contributed by atoms with Gasteiger partial charge >= 0.3 is 0 Å². The number of fused-ring (bicyclic) bond motifs is 1. The molecule has 202 valence electrons. The molecule has 2 aromatic heterocycles. The first kappa shape index (κ1) is 27.0. The molecule has 0 saturated heterocycles. The Hall–Kier alpha value is -4.63. The van der Waals surface area contributed by atoms with Gasteiger partial charge in [-0.15, -0.1) is 0 Å². The summed E-state index contributed by atoms with van der Waals surface area (Å²) in [5.41, 5.74) is 4.48. The first-order valence-corrected chi connectivity index (χ1v) is 13.7. The number of pyridine rings is 1. The molecule has 0 bridgehead atoms. The lowest BCUT2D eigenvalue weighted by Crippen LogP contribution is -2.14. The van der Waals surface area contributed by atoms with Gasteiger partial charge in [-0.25, -0.2) is 15.0 Å². The SMILES string of the molecule is CC(C)c1ccc2c(Nc3cc(NC(=O)c4cccc(N(C)C)c4)ccc3Sc3ccc(O)cc3)ncnc2n1. The Morgan fingerprint density at radius 3 is 2.50 bits per heavy atom.